The van der Waals surface area contributed by atoms with Gasteiger partial charge < -0.3 is 19.7 Å². The number of benzene rings is 1. The van der Waals surface area contributed by atoms with E-state index in [9.17, 15) is 29.9 Å². The van der Waals surface area contributed by atoms with Crippen molar-refractivity contribution in [2.24, 2.45) is 0 Å². The van der Waals surface area contributed by atoms with Crippen molar-refractivity contribution in [3.63, 3.8) is 0 Å². The maximum Gasteiger partial charge on any atom is 0.338 e. The van der Waals surface area contributed by atoms with E-state index in [2.05, 4.69) is 9.47 Å². The van der Waals surface area contributed by atoms with Crippen LogP contribution < -0.4 is 0 Å². The van der Waals surface area contributed by atoms with Gasteiger partial charge in [-0.15, -0.1) is 0 Å². The summed E-state index contributed by atoms with van der Waals surface area (Å²) in [5.41, 5.74) is -0.522. The number of nitro benzene ring substituents is 1. The molecule has 2 N–H and O–H groups in total. The predicted molar refractivity (Wildman–Crippen MR) is 81.4 cm³/mol. The topological polar surface area (TPSA) is 136 Å². The molecular weight excluding hydrogens is 322 g/mol. The van der Waals surface area contributed by atoms with Gasteiger partial charge in [-0.1, -0.05) is 0 Å². The van der Waals surface area contributed by atoms with Crippen LogP contribution in [-0.4, -0.2) is 46.9 Å². The monoisotopic (exact) mass is 341 g/mol. The smallest absolute Gasteiger partial charge is 0.338 e. The second kappa shape index (κ2) is 8.37. The quantitative estimate of drug-likeness (QED) is 0.426. The second-order valence-electron chi connectivity index (χ2n) is 4.98. The number of hydrogen-bond donors (Lipinski definition) is 2. The van der Waals surface area contributed by atoms with E-state index in [1.807, 2.05) is 0 Å². The Morgan fingerprint density at radius 1 is 1.33 bits per heavy atom. The molecule has 0 fully saturated rings. The number of rotatable bonds is 7. The van der Waals surface area contributed by atoms with Crippen LogP contribution in [0.3, 0.4) is 0 Å². The minimum Gasteiger partial charge on any atom is -0.466 e. The third-order valence-corrected chi connectivity index (χ3v) is 3.39. The van der Waals surface area contributed by atoms with E-state index in [-0.39, 0.29) is 23.3 Å². The van der Waals surface area contributed by atoms with Crippen LogP contribution in [0, 0.1) is 17.0 Å². The molecule has 0 radical (unpaired) electrons. The number of aliphatic hydroxyl groups excluding tert-OH is 2. The Kier molecular flexibility index (Phi) is 6.81. The number of aliphatic hydroxyl groups is 2. The summed E-state index contributed by atoms with van der Waals surface area (Å²) in [6.07, 6.45) is -3.65. The SMILES string of the molecule is CCOC(=O)CC(O)C(O)c1cc(C(=O)OC)c(C)c([N+](=O)[O-])c1. The molecule has 0 aliphatic carbocycles. The van der Waals surface area contributed by atoms with Crippen molar-refractivity contribution in [3.05, 3.63) is 38.9 Å². The summed E-state index contributed by atoms with van der Waals surface area (Å²) in [5.74, 6) is -1.54. The number of ether oxygens (including phenoxy) is 2. The Bertz CT molecular complexity index is 643. The molecule has 0 amide bonds. The first-order valence-electron chi connectivity index (χ1n) is 7.11. The molecule has 132 valence electrons. The van der Waals surface area contributed by atoms with Gasteiger partial charge in [0.05, 0.1) is 36.7 Å². The Labute approximate surface area is 138 Å². The van der Waals surface area contributed by atoms with Gasteiger partial charge in [-0.2, -0.15) is 0 Å². The molecule has 0 spiro atoms. The lowest BCUT2D eigenvalue weighted by Gasteiger charge is -2.18. The van der Waals surface area contributed by atoms with Crippen molar-refractivity contribution >= 4 is 17.6 Å². The molecule has 2 unspecified atom stereocenters. The lowest BCUT2D eigenvalue weighted by molar-refractivity contribution is -0.385. The summed E-state index contributed by atoms with van der Waals surface area (Å²) >= 11 is 0. The summed E-state index contributed by atoms with van der Waals surface area (Å²) in [7, 11) is 1.12. The highest BCUT2D eigenvalue weighted by Crippen LogP contribution is 2.29. The number of methoxy groups -OCH3 is 1. The normalized spacial score (nSPS) is 13.0. The van der Waals surface area contributed by atoms with Crippen LogP contribution in [0.2, 0.25) is 0 Å². The van der Waals surface area contributed by atoms with Crippen molar-refractivity contribution in [2.45, 2.75) is 32.5 Å². The maximum atomic E-state index is 11.8. The Hall–Kier alpha value is -2.52. The molecule has 24 heavy (non-hydrogen) atoms. The van der Waals surface area contributed by atoms with Crippen LogP contribution in [-0.2, 0) is 14.3 Å². The van der Waals surface area contributed by atoms with Gasteiger partial charge in [0.1, 0.15) is 6.10 Å². The summed E-state index contributed by atoms with van der Waals surface area (Å²) < 4.78 is 9.23. The molecule has 0 aromatic heterocycles. The van der Waals surface area contributed by atoms with Crippen molar-refractivity contribution in [2.75, 3.05) is 13.7 Å². The summed E-state index contributed by atoms with van der Waals surface area (Å²) in [6, 6.07) is 2.23. The molecular formula is C15H19NO8. The summed E-state index contributed by atoms with van der Waals surface area (Å²) in [4.78, 5) is 33.5. The molecule has 1 aromatic rings. The fourth-order valence-corrected chi connectivity index (χ4v) is 2.13. The van der Waals surface area contributed by atoms with E-state index < -0.39 is 41.2 Å². The minimum atomic E-state index is -1.61. The molecule has 9 nitrogen and oxygen atoms in total. The van der Waals surface area contributed by atoms with Gasteiger partial charge in [-0.25, -0.2) is 4.79 Å². The second-order valence-corrected chi connectivity index (χ2v) is 4.98. The van der Waals surface area contributed by atoms with Crippen molar-refractivity contribution in [3.8, 4) is 0 Å². The zero-order valence-electron chi connectivity index (χ0n) is 13.5. The van der Waals surface area contributed by atoms with Crippen molar-refractivity contribution < 1.29 is 34.2 Å². The maximum absolute atomic E-state index is 11.8. The van der Waals surface area contributed by atoms with Gasteiger partial charge in [0.2, 0.25) is 0 Å². The van der Waals surface area contributed by atoms with Crippen LogP contribution >= 0.6 is 0 Å². The number of nitro groups is 1. The molecule has 0 saturated carbocycles. The molecule has 1 aromatic carbocycles. The molecule has 2 atom stereocenters. The molecule has 1 rings (SSSR count). The number of hydrogen-bond acceptors (Lipinski definition) is 8. The van der Waals surface area contributed by atoms with Crippen molar-refractivity contribution in [1.82, 2.24) is 0 Å². The number of nitrogens with zero attached hydrogens (tertiary/aromatic N) is 1. The average molecular weight is 341 g/mol. The third-order valence-electron chi connectivity index (χ3n) is 3.39. The van der Waals surface area contributed by atoms with E-state index in [0.717, 1.165) is 13.2 Å². The molecule has 9 heteroatoms. The Morgan fingerprint density at radius 2 is 1.96 bits per heavy atom. The first-order valence-corrected chi connectivity index (χ1v) is 7.11. The highest BCUT2D eigenvalue weighted by molar-refractivity contribution is 5.92. The van der Waals surface area contributed by atoms with Crippen LogP contribution in [0.15, 0.2) is 12.1 Å². The lowest BCUT2D eigenvalue weighted by Crippen LogP contribution is -2.23. The fraction of sp³-hybridized carbons (Fsp3) is 0.467. The van der Waals surface area contributed by atoms with Gasteiger partial charge in [0.25, 0.3) is 5.69 Å². The largest absolute Gasteiger partial charge is 0.466 e. The minimum absolute atomic E-state index is 0.0719. The first-order chi connectivity index (χ1) is 11.2. The third kappa shape index (κ3) is 4.49. The Balaban J connectivity index is 3.22. The van der Waals surface area contributed by atoms with Crippen LogP contribution in [0.4, 0.5) is 5.69 Å². The molecule has 0 aliphatic heterocycles. The number of carbonyl (C=O) groups excluding carboxylic acids is 2. The predicted octanol–water partition coefficient (Wildman–Crippen LogP) is 1.04. The zero-order valence-corrected chi connectivity index (χ0v) is 13.5. The van der Waals surface area contributed by atoms with E-state index in [0.29, 0.717) is 0 Å². The van der Waals surface area contributed by atoms with Crippen LogP contribution in [0.1, 0.15) is 40.9 Å². The molecule has 0 aliphatic rings. The fourth-order valence-electron chi connectivity index (χ4n) is 2.13. The average Bonchev–Trinajstić information content (AvgIpc) is 2.53. The van der Waals surface area contributed by atoms with E-state index in [1.54, 1.807) is 6.92 Å². The molecule has 0 saturated heterocycles. The van der Waals surface area contributed by atoms with Gasteiger partial charge in [0, 0.05) is 11.6 Å². The standard InChI is InChI=1S/C15H19NO8/c1-4-24-13(18)7-12(17)14(19)9-5-10(15(20)23-3)8(2)11(6-9)16(21)22/h5-6,12,14,17,19H,4,7H2,1-3H3. The highest BCUT2D eigenvalue weighted by atomic mass is 16.6. The summed E-state index contributed by atoms with van der Waals surface area (Å²) in [6.45, 7) is 3.08. The van der Waals surface area contributed by atoms with E-state index in [4.69, 9.17) is 0 Å². The Morgan fingerprint density at radius 3 is 2.46 bits per heavy atom. The molecule has 0 bridgehead atoms. The van der Waals surface area contributed by atoms with Crippen LogP contribution in [0.5, 0.6) is 0 Å². The zero-order chi connectivity index (χ0) is 18.4. The number of esters is 2. The molecule has 0 heterocycles. The van der Waals surface area contributed by atoms with Crippen LogP contribution in [0.25, 0.3) is 0 Å². The van der Waals surface area contributed by atoms with Gasteiger partial charge in [-0.3, -0.25) is 14.9 Å². The lowest BCUT2D eigenvalue weighted by atomic mass is 9.96. The van der Waals surface area contributed by atoms with E-state index in [1.165, 1.54) is 13.0 Å². The van der Waals surface area contributed by atoms with Gasteiger partial charge in [-0.05, 0) is 25.5 Å². The van der Waals surface area contributed by atoms with Gasteiger partial charge >= 0.3 is 11.9 Å². The van der Waals surface area contributed by atoms with E-state index >= 15 is 0 Å². The van der Waals surface area contributed by atoms with Gasteiger partial charge in [0.15, 0.2) is 0 Å². The summed E-state index contributed by atoms with van der Waals surface area (Å²) in [5, 5.41) is 31.2. The highest BCUT2D eigenvalue weighted by Gasteiger charge is 2.27. The first kappa shape index (κ1) is 19.5. The number of carbonyl (C=O) groups is 2. The van der Waals surface area contributed by atoms with Crippen molar-refractivity contribution in [1.29, 1.82) is 0 Å².